The van der Waals surface area contributed by atoms with E-state index in [1.54, 1.807) is 23.0 Å². The molecule has 0 aliphatic rings. The molecule has 1 aromatic heterocycles. The Balaban J connectivity index is 0.00000128. The van der Waals surface area contributed by atoms with Gasteiger partial charge in [-0.2, -0.15) is 5.10 Å². The quantitative estimate of drug-likeness (QED) is 0.895. The molecule has 0 bridgehead atoms. The maximum atomic E-state index is 12.7. The Morgan fingerprint density at radius 1 is 1.31 bits per heavy atom. The summed E-state index contributed by atoms with van der Waals surface area (Å²) in [4.78, 5) is 0. The Kier molecular flexibility index (Phi) is 4.31. The van der Waals surface area contributed by atoms with Crippen molar-refractivity contribution in [1.29, 1.82) is 0 Å². The van der Waals surface area contributed by atoms with Gasteiger partial charge in [-0.25, -0.2) is 4.39 Å². The van der Waals surface area contributed by atoms with Gasteiger partial charge in [0, 0.05) is 13.2 Å². The Morgan fingerprint density at radius 3 is 2.56 bits per heavy atom. The summed E-state index contributed by atoms with van der Waals surface area (Å²) in [6, 6.07) is 6.43. The summed E-state index contributed by atoms with van der Waals surface area (Å²) in [6.07, 6.45) is 3.66. The van der Waals surface area contributed by atoms with Gasteiger partial charge in [0.15, 0.2) is 0 Å². The first kappa shape index (κ1) is 12.5. The molecular weight excluding hydrogens is 229 g/mol. The van der Waals surface area contributed by atoms with Gasteiger partial charge in [-0.3, -0.25) is 4.68 Å². The van der Waals surface area contributed by atoms with E-state index < -0.39 is 0 Å². The van der Waals surface area contributed by atoms with Crippen LogP contribution in [0, 0.1) is 5.82 Å². The smallest absolute Gasteiger partial charge is 0.123 e. The van der Waals surface area contributed by atoms with Crippen LogP contribution in [0.25, 0.3) is 0 Å². The van der Waals surface area contributed by atoms with Crippen molar-refractivity contribution in [1.82, 2.24) is 9.78 Å². The standard InChI is InChI=1S/C11H12FN3.ClH/c1-13-11-6-14-15(8-11)7-9-2-4-10(12)5-3-9;/h2-6,8,13H,7H2,1H3;1H. The molecule has 3 nitrogen and oxygen atoms in total. The predicted molar refractivity (Wildman–Crippen MR) is 64.5 cm³/mol. The third-order valence-electron chi connectivity index (χ3n) is 2.18. The summed E-state index contributed by atoms with van der Waals surface area (Å²) < 4.78 is 14.5. The molecule has 1 N–H and O–H groups in total. The second kappa shape index (κ2) is 5.51. The Morgan fingerprint density at radius 2 is 2.00 bits per heavy atom. The third kappa shape index (κ3) is 2.97. The van der Waals surface area contributed by atoms with E-state index in [0.717, 1.165) is 11.3 Å². The lowest BCUT2D eigenvalue weighted by atomic mass is 10.2. The molecule has 0 amide bonds. The minimum atomic E-state index is -0.213. The molecule has 0 fully saturated rings. The third-order valence-corrected chi connectivity index (χ3v) is 2.18. The first-order valence-corrected chi connectivity index (χ1v) is 4.72. The van der Waals surface area contributed by atoms with Gasteiger partial charge < -0.3 is 5.32 Å². The molecule has 86 valence electrons. The highest BCUT2D eigenvalue weighted by Gasteiger charge is 1.98. The first-order valence-electron chi connectivity index (χ1n) is 4.72. The van der Waals surface area contributed by atoms with Crippen molar-refractivity contribution in [3.05, 3.63) is 48.0 Å². The monoisotopic (exact) mass is 241 g/mol. The van der Waals surface area contributed by atoms with Crippen LogP contribution in [0.3, 0.4) is 0 Å². The number of nitrogens with one attached hydrogen (secondary N) is 1. The second-order valence-electron chi connectivity index (χ2n) is 3.30. The van der Waals surface area contributed by atoms with Gasteiger partial charge in [-0.15, -0.1) is 12.4 Å². The van der Waals surface area contributed by atoms with Crippen LogP contribution >= 0.6 is 12.4 Å². The molecule has 2 aromatic rings. The lowest BCUT2D eigenvalue weighted by Crippen LogP contribution is -1.99. The van der Waals surface area contributed by atoms with Crippen LogP contribution in [0.4, 0.5) is 10.1 Å². The number of halogens is 2. The van der Waals surface area contributed by atoms with Crippen LogP contribution in [-0.4, -0.2) is 16.8 Å². The molecule has 0 aliphatic carbocycles. The van der Waals surface area contributed by atoms with E-state index in [4.69, 9.17) is 0 Å². The number of aromatic nitrogens is 2. The molecule has 0 saturated heterocycles. The molecule has 0 aliphatic heterocycles. The van der Waals surface area contributed by atoms with Crippen LogP contribution < -0.4 is 5.32 Å². The zero-order chi connectivity index (χ0) is 10.7. The lowest BCUT2D eigenvalue weighted by Gasteiger charge is -2.01. The summed E-state index contributed by atoms with van der Waals surface area (Å²) in [5, 5.41) is 7.16. The largest absolute Gasteiger partial charge is 0.386 e. The number of hydrogen-bond donors (Lipinski definition) is 1. The summed E-state index contributed by atoms with van der Waals surface area (Å²) in [5.74, 6) is -0.213. The average Bonchev–Trinajstić information content (AvgIpc) is 2.69. The van der Waals surface area contributed by atoms with Crippen LogP contribution in [0.5, 0.6) is 0 Å². The highest BCUT2D eigenvalue weighted by Crippen LogP contribution is 2.07. The molecule has 2 rings (SSSR count). The van der Waals surface area contributed by atoms with Gasteiger partial charge in [0.25, 0.3) is 0 Å². The van der Waals surface area contributed by atoms with Crippen LogP contribution in [-0.2, 0) is 6.54 Å². The number of anilines is 1. The SMILES string of the molecule is CNc1cnn(Cc2ccc(F)cc2)c1.Cl. The fraction of sp³-hybridized carbons (Fsp3) is 0.182. The minimum Gasteiger partial charge on any atom is -0.386 e. The van der Waals surface area contributed by atoms with Gasteiger partial charge in [0.2, 0.25) is 0 Å². The highest BCUT2D eigenvalue weighted by atomic mass is 35.5. The minimum absolute atomic E-state index is 0. The first-order chi connectivity index (χ1) is 7.28. The van der Waals surface area contributed by atoms with Gasteiger partial charge in [-0.1, -0.05) is 12.1 Å². The highest BCUT2D eigenvalue weighted by molar-refractivity contribution is 5.85. The number of hydrogen-bond acceptors (Lipinski definition) is 2. The van der Waals surface area contributed by atoms with Crippen molar-refractivity contribution in [3.63, 3.8) is 0 Å². The molecule has 0 unspecified atom stereocenters. The van der Waals surface area contributed by atoms with E-state index in [9.17, 15) is 4.39 Å². The topological polar surface area (TPSA) is 29.9 Å². The molecule has 1 heterocycles. The molecular formula is C11H13ClFN3. The van der Waals surface area contributed by atoms with E-state index in [0.29, 0.717) is 6.54 Å². The molecule has 1 aromatic carbocycles. The van der Waals surface area contributed by atoms with Crippen molar-refractivity contribution in [2.75, 3.05) is 12.4 Å². The summed E-state index contributed by atoms with van der Waals surface area (Å²) in [7, 11) is 1.85. The maximum Gasteiger partial charge on any atom is 0.123 e. The van der Waals surface area contributed by atoms with Gasteiger partial charge in [0.05, 0.1) is 18.4 Å². The number of benzene rings is 1. The van der Waals surface area contributed by atoms with E-state index in [-0.39, 0.29) is 18.2 Å². The molecule has 0 radical (unpaired) electrons. The predicted octanol–water partition coefficient (Wildman–Crippen LogP) is 2.53. The second-order valence-corrected chi connectivity index (χ2v) is 3.30. The van der Waals surface area contributed by atoms with Crippen molar-refractivity contribution in [3.8, 4) is 0 Å². The molecule has 16 heavy (non-hydrogen) atoms. The molecule has 0 saturated carbocycles. The maximum absolute atomic E-state index is 12.7. The molecule has 0 atom stereocenters. The van der Waals surface area contributed by atoms with Crippen molar-refractivity contribution >= 4 is 18.1 Å². The van der Waals surface area contributed by atoms with Crippen LogP contribution in [0.1, 0.15) is 5.56 Å². The van der Waals surface area contributed by atoms with Crippen molar-refractivity contribution in [2.24, 2.45) is 0 Å². The zero-order valence-electron chi connectivity index (χ0n) is 8.85. The number of rotatable bonds is 3. The molecule has 5 heteroatoms. The normalized spacial score (nSPS) is 9.62. The van der Waals surface area contributed by atoms with Gasteiger partial charge in [-0.05, 0) is 17.7 Å². The number of nitrogens with zero attached hydrogens (tertiary/aromatic N) is 2. The average molecular weight is 242 g/mol. The van der Waals surface area contributed by atoms with E-state index >= 15 is 0 Å². The Hall–Kier alpha value is -1.55. The Bertz CT molecular complexity index is 439. The van der Waals surface area contributed by atoms with E-state index in [2.05, 4.69) is 10.4 Å². The lowest BCUT2D eigenvalue weighted by molar-refractivity contribution is 0.624. The van der Waals surface area contributed by atoms with Crippen LogP contribution in [0.15, 0.2) is 36.7 Å². The van der Waals surface area contributed by atoms with Crippen molar-refractivity contribution in [2.45, 2.75) is 6.54 Å². The fourth-order valence-electron chi connectivity index (χ4n) is 1.36. The zero-order valence-corrected chi connectivity index (χ0v) is 9.67. The molecule has 0 spiro atoms. The summed E-state index contributed by atoms with van der Waals surface area (Å²) >= 11 is 0. The summed E-state index contributed by atoms with van der Waals surface area (Å²) in [5.41, 5.74) is 2.00. The van der Waals surface area contributed by atoms with Crippen molar-refractivity contribution < 1.29 is 4.39 Å². The summed E-state index contributed by atoms with van der Waals surface area (Å²) in [6.45, 7) is 0.655. The van der Waals surface area contributed by atoms with Gasteiger partial charge in [0.1, 0.15) is 5.82 Å². The Labute approximate surface area is 99.7 Å². The van der Waals surface area contributed by atoms with Crippen LogP contribution in [0.2, 0.25) is 0 Å². The van der Waals surface area contributed by atoms with Gasteiger partial charge >= 0.3 is 0 Å². The van der Waals surface area contributed by atoms with E-state index in [1.165, 1.54) is 12.1 Å². The fourth-order valence-corrected chi connectivity index (χ4v) is 1.36. The van der Waals surface area contributed by atoms with E-state index in [1.807, 2.05) is 13.2 Å².